The number of rotatable bonds is 3. The van der Waals surface area contributed by atoms with Crippen molar-refractivity contribution in [2.45, 2.75) is 19.3 Å². The third-order valence-electron chi connectivity index (χ3n) is 4.52. The Morgan fingerprint density at radius 2 is 1.76 bits per heavy atom. The van der Waals surface area contributed by atoms with E-state index >= 15 is 0 Å². The second-order valence-electron chi connectivity index (χ2n) is 5.93. The van der Waals surface area contributed by atoms with Crippen LogP contribution in [0.3, 0.4) is 0 Å². The van der Waals surface area contributed by atoms with Crippen molar-refractivity contribution in [1.29, 1.82) is 0 Å². The molecule has 7 nitrogen and oxygen atoms in total. The number of phenols is 1. The Hall–Kier alpha value is -2.96. The van der Waals surface area contributed by atoms with Gasteiger partial charge in [0.25, 0.3) is 5.56 Å². The van der Waals surface area contributed by atoms with Gasteiger partial charge in [0, 0.05) is 24.7 Å². The third-order valence-corrected chi connectivity index (χ3v) is 4.52. The Kier molecular flexibility index (Phi) is 4.16. The van der Waals surface area contributed by atoms with Crippen LogP contribution < -0.4 is 19.8 Å². The average Bonchev–Trinajstić information content (AvgIpc) is 2.59. The van der Waals surface area contributed by atoms with Gasteiger partial charge >= 0.3 is 5.97 Å². The number of pyridine rings is 1. The highest BCUT2D eigenvalue weighted by molar-refractivity contribution is 5.78. The first-order valence-electron chi connectivity index (χ1n) is 7.73. The molecule has 0 fully saturated rings. The number of aryl methyl sites for hydroxylation is 1. The predicted octanol–water partition coefficient (Wildman–Crippen LogP) is 1.86. The number of methoxy groups -OCH3 is 2. The summed E-state index contributed by atoms with van der Waals surface area (Å²) >= 11 is 0. The number of hydrogen-bond donors (Lipinski definition) is 1. The molecule has 1 aliphatic heterocycles. The molecule has 0 aliphatic carbocycles. The van der Waals surface area contributed by atoms with Crippen molar-refractivity contribution in [3.8, 4) is 23.0 Å². The fourth-order valence-electron chi connectivity index (χ4n) is 3.05. The molecule has 2 aromatic rings. The van der Waals surface area contributed by atoms with E-state index in [4.69, 9.17) is 14.2 Å². The van der Waals surface area contributed by atoms with Gasteiger partial charge in [0.2, 0.25) is 5.75 Å². The van der Waals surface area contributed by atoms with Crippen molar-refractivity contribution in [3.63, 3.8) is 0 Å². The van der Waals surface area contributed by atoms with Crippen LogP contribution in [0.5, 0.6) is 23.0 Å². The van der Waals surface area contributed by atoms with E-state index in [1.165, 1.54) is 18.8 Å². The van der Waals surface area contributed by atoms with E-state index in [0.29, 0.717) is 16.8 Å². The quantitative estimate of drug-likeness (QED) is 0.855. The van der Waals surface area contributed by atoms with Gasteiger partial charge in [0.1, 0.15) is 5.75 Å². The van der Waals surface area contributed by atoms with Gasteiger partial charge < -0.3 is 23.9 Å². The van der Waals surface area contributed by atoms with Gasteiger partial charge in [-0.3, -0.25) is 9.59 Å². The van der Waals surface area contributed by atoms with Crippen LogP contribution >= 0.6 is 0 Å². The average molecular weight is 345 g/mol. The Bertz CT molecular complexity index is 890. The number of carbonyl (C=O) groups is 1. The van der Waals surface area contributed by atoms with E-state index in [1.54, 1.807) is 32.2 Å². The smallest absolute Gasteiger partial charge is 0.312 e. The SMILES string of the molecule is COc1cc(C2CC(=O)Oc3cc(C)n(C)c(=O)c32)cc(OC)c1O. The molecule has 0 saturated heterocycles. The molecule has 1 aromatic carbocycles. The number of carbonyl (C=O) groups excluding carboxylic acids is 1. The number of phenolic OH excluding ortho intramolecular Hbond substituents is 1. The van der Waals surface area contributed by atoms with Crippen molar-refractivity contribution in [3.05, 3.63) is 45.4 Å². The second kappa shape index (κ2) is 6.16. The molecule has 25 heavy (non-hydrogen) atoms. The number of ether oxygens (including phenoxy) is 3. The zero-order chi connectivity index (χ0) is 18.3. The number of fused-ring (bicyclic) bond motifs is 1. The lowest BCUT2D eigenvalue weighted by atomic mass is 9.86. The Balaban J connectivity index is 2.25. The van der Waals surface area contributed by atoms with Gasteiger partial charge in [-0.1, -0.05) is 0 Å². The minimum Gasteiger partial charge on any atom is -0.502 e. The van der Waals surface area contributed by atoms with Gasteiger partial charge in [0.05, 0.1) is 26.2 Å². The summed E-state index contributed by atoms with van der Waals surface area (Å²) in [6, 6.07) is 4.88. The third kappa shape index (κ3) is 2.71. The van der Waals surface area contributed by atoms with E-state index in [2.05, 4.69) is 0 Å². The molecule has 1 atom stereocenters. The van der Waals surface area contributed by atoms with Crippen LogP contribution in [-0.2, 0) is 11.8 Å². The molecule has 0 saturated carbocycles. The van der Waals surface area contributed by atoms with Crippen LogP contribution in [0.15, 0.2) is 23.0 Å². The standard InChI is InChI=1S/C18H19NO6/c1-9-5-12-16(18(22)19(9)2)11(8-15(20)25-12)10-6-13(23-3)17(21)14(7-10)24-4/h5-7,11,21H,8H2,1-4H3. The van der Waals surface area contributed by atoms with Gasteiger partial charge in [0.15, 0.2) is 11.5 Å². The lowest BCUT2D eigenvalue weighted by molar-refractivity contribution is -0.135. The first-order chi connectivity index (χ1) is 11.9. The summed E-state index contributed by atoms with van der Waals surface area (Å²) in [7, 11) is 4.51. The maximum absolute atomic E-state index is 12.8. The van der Waals surface area contributed by atoms with Crippen LogP contribution in [0.4, 0.5) is 0 Å². The Morgan fingerprint density at radius 1 is 1.16 bits per heavy atom. The van der Waals surface area contributed by atoms with Gasteiger partial charge in [-0.25, -0.2) is 0 Å². The highest BCUT2D eigenvalue weighted by atomic mass is 16.5. The maximum Gasteiger partial charge on any atom is 0.312 e. The number of benzene rings is 1. The number of esters is 1. The van der Waals surface area contributed by atoms with E-state index < -0.39 is 11.9 Å². The molecular weight excluding hydrogens is 326 g/mol. The first kappa shape index (κ1) is 16.9. The monoisotopic (exact) mass is 345 g/mol. The molecule has 2 heterocycles. The van der Waals surface area contributed by atoms with Crippen molar-refractivity contribution < 1.29 is 24.1 Å². The van der Waals surface area contributed by atoms with Crippen molar-refractivity contribution in [1.82, 2.24) is 4.57 Å². The lowest BCUT2D eigenvalue weighted by Crippen LogP contribution is -2.32. The molecule has 1 aromatic heterocycles. The summed E-state index contributed by atoms with van der Waals surface area (Å²) in [6.07, 6.45) is 0.0163. The van der Waals surface area contributed by atoms with E-state index in [0.717, 1.165) is 0 Å². The largest absolute Gasteiger partial charge is 0.502 e. The molecule has 0 spiro atoms. The fourth-order valence-corrected chi connectivity index (χ4v) is 3.05. The molecule has 0 amide bonds. The van der Waals surface area contributed by atoms with E-state index in [9.17, 15) is 14.7 Å². The second-order valence-corrected chi connectivity index (χ2v) is 5.93. The number of aromatic hydroxyl groups is 1. The van der Waals surface area contributed by atoms with E-state index in [1.807, 2.05) is 0 Å². The zero-order valence-corrected chi connectivity index (χ0v) is 14.5. The van der Waals surface area contributed by atoms with Gasteiger partial charge in [-0.2, -0.15) is 0 Å². The summed E-state index contributed by atoms with van der Waals surface area (Å²) < 4.78 is 17.1. The number of hydrogen-bond acceptors (Lipinski definition) is 6. The Morgan fingerprint density at radius 3 is 2.32 bits per heavy atom. The summed E-state index contributed by atoms with van der Waals surface area (Å²) in [5.74, 6) is -0.385. The highest BCUT2D eigenvalue weighted by Crippen LogP contribution is 2.43. The van der Waals surface area contributed by atoms with Crippen molar-refractivity contribution in [2.75, 3.05) is 14.2 Å². The van der Waals surface area contributed by atoms with Crippen LogP contribution in [0.1, 0.15) is 29.2 Å². The molecule has 132 valence electrons. The van der Waals surface area contributed by atoms with E-state index in [-0.39, 0.29) is 35.0 Å². The zero-order valence-electron chi connectivity index (χ0n) is 14.5. The molecule has 3 rings (SSSR count). The minimum absolute atomic E-state index is 0.0163. The Labute approximate surface area is 144 Å². The number of aromatic nitrogens is 1. The van der Waals surface area contributed by atoms with Gasteiger partial charge in [-0.05, 0) is 24.6 Å². The van der Waals surface area contributed by atoms with Crippen molar-refractivity contribution in [2.24, 2.45) is 7.05 Å². The molecule has 7 heteroatoms. The van der Waals surface area contributed by atoms with Crippen LogP contribution in [-0.4, -0.2) is 29.9 Å². The van der Waals surface area contributed by atoms with Crippen molar-refractivity contribution >= 4 is 5.97 Å². The maximum atomic E-state index is 12.8. The summed E-state index contributed by atoms with van der Waals surface area (Å²) in [5, 5.41) is 10.1. The van der Waals surface area contributed by atoms with Crippen LogP contribution in [0, 0.1) is 6.92 Å². The molecule has 1 unspecified atom stereocenters. The normalized spacial score (nSPS) is 16.2. The first-order valence-corrected chi connectivity index (χ1v) is 7.73. The molecule has 1 N–H and O–H groups in total. The lowest BCUT2D eigenvalue weighted by Gasteiger charge is -2.26. The van der Waals surface area contributed by atoms with Crippen LogP contribution in [0.2, 0.25) is 0 Å². The topological polar surface area (TPSA) is 87.0 Å². The minimum atomic E-state index is -0.515. The predicted molar refractivity (Wildman–Crippen MR) is 89.7 cm³/mol. The summed E-state index contributed by atoms with van der Waals surface area (Å²) in [5.41, 5.74) is 1.50. The molecule has 1 aliphatic rings. The molecule has 0 bridgehead atoms. The summed E-state index contributed by atoms with van der Waals surface area (Å²) in [6.45, 7) is 1.77. The highest BCUT2D eigenvalue weighted by Gasteiger charge is 2.33. The molecule has 0 radical (unpaired) electrons. The van der Waals surface area contributed by atoms with Crippen LogP contribution in [0.25, 0.3) is 0 Å². The van der Waals surface area contributed by atoms with Gasteiger partial charge in [-0.15, -0.1) is 0 Å². The number of nitrogens with zero attached hydrogens (tertiary/aromatic N) is 1. The fraction of sp³-hybridized carbons (Fsp3) is 0.333. The summed E-state index contributed by atoms with van der Waals surface area (Å²) in [4.78, 5) is 24.8. The molecular formula is C18H19NO6.